The van der Waals surface area contributed by atoms with E-state index in [4.69, 9.17) is 34.7 Å². The van der Waals surface area contributed by atoms with Gasteiger partial charge in [-0.1, -0.05) is 23.2 Å². The lowest BCUT2D eigenvalue weighted by molar-refractivity contribution is -0.123. The highest BCUT2D eigenvalue weighted by Gasteiger charge is 2.16. The Labute approximate surface area is 108 Å². The topological polar surface area (TPSA) is 98.2 Å². The lowest BCUT2D eigenvalue weighted by Crippen LogP contribution is -2.38. The number of carbonyl (C=O) groups excluding carboxylic acids is 2. The third kappa shape index (κ3) is 4.22. The van der Waals surface area contributed by atoms with E-state index in [0.29, 0.717) is 15.7 Å². The molecule has 0 aliphatic carbocycles. The van der Waals surface area contributed by atoms with Crippen LogP contribution in [-0.2, 0) is 9.59 Å². The summed E-state index contributed by atoms with van der Waals surface area (Å²) in [4.78, 5) is 22.1. The summed E-state index contributed by atoms with van der Waals surface area (Å²) in [6.45, 7) is 0. The van der Waals surface area contributed by atoms with E-state index in [1.807, 2.05) is 0 Å². The summed E-state index contributed by atoms with van der Waals surface area (Å²) >= 11 is 11.5. The van der Waals surface area contributed by atoms with Crippen LogP contribution in [0.5, 0.6) is 0 Å². The van der Waals surface area contributed by atoms with Crippen LogP contribution in [0.25, 0.3) is 0 Å². The number of primary amides is 1. The first-order valence-corrected chi connectivity index (χ1v) is 5.45. The molecule has 7 heteroatoms. The molecule has 5 N–H and O–H groups in total. The Morgan fingerprint density at radius 3 is 2.47 bits per heavy atom. The quantitative estimate of drug-likeness (QED) is 0.768. The number of carbonyl (C=O) groups is 2. The lowest BCUT2D eigenvalue weighted by atomic mass is 10.2. The van der Waals surface area contributed by atoms with Crippen molar-refractivity contribution in [1.29, 1.82) is 0 Å². The molecule has 0 heterocycles. The van der Waals surface area contributed by atoms with Gasteiger partial charge in [0.2, 0.25) is 11.8 Å². The highest BCUT2D eigenvalue weighted by Crippen LogP contribution is 2.24. The zero-order valence-corrected chi connectivity index (χ0v) is 10.3. The predicted molar refractivity (Wildman–Crippen MR) is 66.9 cm³/mol. The number of amides is 2. The molecule has 5 nitrogen and oxygen atoms in total. The molecule has 1 unspecified atom stereocenters. The maximum Gasteiger partial charge on any atom is 0.241 e. The fraction of sp³-hybridized carbons (Fsp3) is 0.200. The van der Waals surface area contributed by atoms with Gasteiger partial charge in [0, 0.05) is 5.69 Å². The summed E-state index contributed by atoms with van der Waals surface area (Å²) in [5.74, 6) is -1.15. The minimum atomic E-state index is -0.984. The van der Waals surface area contributed by atoms with Gasteiger partial charge in [-0.25, -0.2) is 0 Å². The second-order valence-electron chi connectivity index (χ2n) is 3.40. The molecule has 92 valence electrons. The number of rotatable bonds is 4. The van der Waals surface area contributed by atoms with Crippen LogP contribution < -0.4 is 16.8 Å². The van der Waals surface area contributed by atoms with Crippen LogP contribution in [0.1, 0.15) is 6.42 Å². The van der Waals surface area contributed by atoms with Crippen molar-refractivity contribution in [3.8, 4) is 0 Å². The Morgan fingerprint density at radius 2 is 1.94 bits per heavy atom. The van der Waals surface area contributed by atoms with Crippen molar-refractivity contribution in [3.05, 3.63) is 28.2 Å². The standard InChI is InChI=1S/C10H11Cl2N3O2/c11-6-2-1-5(3-7(6)12)15-10(17)8(13)4-9(14)16/h1-3,8H,4,13H2,(H2,14,16)(H,15,17). The SMILES string of the molecule is NC(=O)CC(N)C(=O)Nc1ccc(Cl)c(Cl)c1. The third-order valence-corrected chi connectivity index (χ3v) is 2.68. The summed E-state index contributed by atoms with van der Waals surface area (Å²) < 4.78 is 0. The number of hydrogen-bond acceptors (Lipinski definition) is 3. The molecule has 1 atom stereocenters. The first-order valence-electron chi connectivity index (χ1n) is 4.70. The molecule has 1 aromatic rings. The van der Waals surface area contributed by atoms with Crippen molar-refractivity contribution >= 4 is 40.7 Å². The smallest absolute Gasteiger partial charge is 0.241 e. The number of halogens is 2. The van der Waals surface area contributed by atoms with Crippen molar-refractivity contribution in [2.75, 3.05) is 5.32 Å². The van der Waals surface area contributed by atoms with Gasteiger partial charge in [0.15, 0.2) is 0 Å². The van der Waals surface area contributed by atoms with Crippen molar-refractivity contribution in [2.24, 2.45) is 11.5 Å². The number of anilines is 1. The van der Waals surface area contributed by atoms with E-state index in [1.54, 1.807) is 12.1 Å². The van der Waals surface area contributed by atoms with Gasteiger partial charge in [-0.2, -0.15) is 0 Å². The van der Waals surface area contributed by atoms with Crippen LogP contribution in [-0.4, -0.2) is 17.9 Å². The zero-order chi connectivity index (χ0) is 13.0. The summed E-state index contributed by atoms with van der Waals surface area (Å²) in [6.07, 6.45) is -0.215. The van der Waals surface area contributed by atoms with Crippen molar-refractivity contribution in [1.82, 2.24) is 0 Å². The Hall–Kier alpha value is -1.30. The van der Waals surface area contributed by atoms with Gasteiger partial charge in [-0.15, -0.1) is 0 Å². The maximum absolute atomic E-state index is 11.5. The van der Waals surface area contributed by atoms with Crippen LogP contribution in [0.15, 0.2) is 18.2 Å². The molecule has 0 aliphatic rings. The van der Waals surface area contributed by atoms with E-state index >= 15 is 0 Å². The second-order valence-corrected chi connectivity index (χ2v) is 4.21. The first kappa shape index (κ1) is 13.8. The molecule has 0 aliphatic heterocycles. The van der Waals surface area contributed by atoms with Gasteiger partial charge in [-0.3, -0.25) is 9.59 Å². The minimum Gasteiger partial charge on any atom is -0.370 e. The molecule has 2 amide bonds. The molecular weight excluding hydrogens is 265 g/mol. The molecule has 0 bridgehead atoms. The monoisotopic (exact) mass is 275 g/mol. The molecule has 0 saturated carbocycles. The molecule has 0 saturated heterocycles. The third-order valence-electron chi connectivity index (χ3n) is 1.95. The number of benzene rings is 1. The molecule has 0 radical (unpaired) electrons. The van der Waals surface area contributed by atoms with Crippen molar-refractivity contribution in [2.45, 2.75) is 12.5 Å². The Kier molecular flexibility index (Phi) is 4.74. The highest BCUT2D eigenvalue weighted by molar-refractivity contribution is 6.42. The van der Waals surface area contributed by atoms with Crippen molar-refractivity contribution in [3.63, 3.8) is 0 Å². The van der Waals surface area contributed by atoms with Crippen LogP contribution in [0.3, 0.4) is 0 Å². The summed E-state index contributed by atoms with van der Waals surface area (Å²) in [6, 6.07) is 3.61. The first-order chi connectivity index (χ1) is 7.90. The van der Waals surface area contributed by atoms with Gasteiger partial charge < -0.3 is 16.8 Å². The molecule has 0 fully saturated rings. The van der Waals surface area contributed by atoms with E-state index < -0.39 is 17.9 Å². The Morgan fingerprint density at radius 1 is 1.29 bits per heavy atom. The molecule has 17 heavy (non-hydrogen) atoms. The molecular formula is C10H11Cl2N3O2. The van der Waals surface area contributed by atoms with Crippen molar-refractivity contribution < 1.29 is 9.59 Å². The molecule has 0 spiro atoms. The summed E-state index contributed by atoms with van der Waals surface area (Å²) in [5.41, 5.74) is 10.8. The normalized spacial score (nSPS) is 11.9. The van der Waals surface area contributed by atoms with Gasteiger partial charge in [0.1, 0.15) is 0 Å². The molecule has 1 aromatic carbocycles. The van der Waals surface area contributed by atoms with Gasteiger partial charge in [0.05, 0.1) is 22.5 Å². The average Bonchev–Trinajstić information content (AvgIpc) is 2.22. The maximum atomic E-state index is 11.5. The van der Waals surface area contributed by atoms with Crippen LogP contribution in [0.4, 0.5) is 5.69 Å². The van der Waals surface area contributed by atoms with Crippen LogP contribution >= 0.6 is 23.2 Å². The zero-order valence-electron chi connectivity index (χ0n) is 8.74. The highest BCUT2D eigenvalue weighted by atomic mass is 35.5. The minimum absolute atomic E-state index is 0.215. The number of nitrogens with two attached hydrogens (primary N) is 2. The van der Waals surface area contributed by atoms with E-state index in [1.165, 1.54) is 6.07 Å². The van der Waals surface area contributed by atoms with Gasteiger partial charge in [0.25, 0.3) is 0 Å². The average molecular weight is 276 g/mol. The van der Waals surface area contributed by atoms with Gasteiger partial charge in [-0.05, 0) is 18.2 Å². The Bertz CT molecular complexity index is 451. The second kappa shape index (κ2) is 5.86. The van der Waals surface area contributed by atoms with E-state index in [0.717, 1.165) is 0 Å². The summed E-state index contributed by atoms with van der Waals surface area (Å²) in [5, 5.41) is 3.19. The fourth-order valence-electron chi connectivity index (χ4n) is 1.12. The van der Waals surface area contributed by atoms with E-state index in [-0.39, 0.29) is 6.42 Å². The number of nitrogens with one attached hydrogen (secondary N) is 1. The molecule has 1 rings (SSSR count). The van der Waals surface area contributed by atoms with E-state index in [2.05, 4.69) is 5.32 Å². The largest absolute Gasteiger partial charge is 0.370 e. The van der Waals surface area contributed by atoms with Crippen LogP contribution in [0, 0.1) is 0 Å². The predicted octanol–water partition coefficient (Wildman–Crippen LogP) is 1.13. The van der Waals surface area contributed by atoms with E-state index in [9.17, 15) is 9.59 Å². The lowest BCUT2D eigenvalue weighted by Gasteiger charge is -2.10. The molecule has 0 aromatic heterocycles. The van der Waals surface area contributed by atoms with Gasteiger partial charge >= 0.3 is 0 Å². The fourth-order valence-corrected chi connectivity index (χ4v) is 1.42. The summed E-state index contributed by atoms with van der Waals surface area (Å²) in [7, 11) is 0. The Balaban J connectivity index is 2.67. The number of hydrogen-bond donors (Lipinski definition) is 3. The van der Waals surface area contributed by atoms with Crippen LogP contribution in [0.2, 0.25) is 10.0 Å².